The number of allylic oxidation sites excluding steroid dienone is 1. The Morgan fingerprint density at radius 3 is 3.00 bits per heavy atom. The van der Waals surface area contributed by atoms with E-state index < -0.39 is 0 Å². The van der Waals surface area contributed by atoms with E-state index in [-0.39, 0.29) is 18.0 Å². The van der Waals surface area contributed by atoms with Crippen molar-refractivity contribution in [3.05, 3.63) is 29.8 Å². The molecule has 1 N–H and O–H groups in total. The molecule has 148 valence electrons. The van der Waals surface area contributed by atoms with Crippen molar-refractivity contribution in [2.45, 2.75) is 49.5 Å². The molecule has 7 nitrogen and oxygen atoms in total. The maximum atomic E-state index is 12.3. The highest BCUT2D eigenvalue weighted by Crippen LogP contribution is 2.36. The van der Waals surface area contributed by atoms with Crippen LogP contribution in [0.25, 0.3) is 11.5 Å². The van der Waals surface area contributed by atoms with Crippen molar-refractivity contribution in [3.63, 3.8) is 0 Å². The first-order valence-electron chi connectivity index (χ1n) is 9.55. The molecule has 0 radical (unpaired) electrons. The van der Waals surface area contributed by atoms with Gasteiger partial charge in [0.05, 0.1) is 5.25 Å². The molecule has 1 unspecified atom stereocenters. The fourth-order valence-electron chi connectivity index (χ4n) is 3.23. The summed E-state index contributed by atoms with van der Waals surface area (Å²) in [4.78, 5) is 12.3. The van der Waals surface area contributed by atoms with E-state index in [1.165, 1.54) is 36.6 Å². The Labute approximate surface area is 167 Å². The number of benzene rings is 1. The monoisotopic (exact) mass is 401 g/mol. The van der Waals surface area contributed by atoms with Gasteiger partial charge in [0.25, 0.3) is 5.22 Å². The maximum absolute atomic E-state index is 12.3. The molecule has 1 aliphatic heterocycles. The van der Waals surface area contributed by atoms with E-state index in [4.69, 9.17) is 13.9 Å². The van der Waals surface area contributed by atoms with Crippen LogP contribution in [0.3, 0.4) is 0 Å². The summed E-state index contributed by atoms with van der Waals surface area (Å²) < 4.78 is 16.4. The summed E-state index contributed by atoms with van der Waals surface area (Å²) in [7, 11) is 0. The first-order chi connectivity index (χ1) is 13.7. The lowest BCUT2D eigenvalue weighted by atomic mass is 9.97. The average Bonchev–Trinajstić information content (AvgIpc) is 3.37. The topological polar surface area (TPSA) is 86.5 Å². The number of rotatable bonds is 7. The quantitative estimate of drug-likeness (QED) is 0.555. The zero-order valence-electron chi connectivity index (χ0n) is 15.8. The van der Waals surface area contributed by atoms with Crippen molar-refractivity contribution < 1.29 is 18.7 Å². The van der Waals surface area contributed by atoms with Gasteiger partial charge in [0, 0.05) is 12.1 Å². The van der Waals surface area contributed by atoms with Gasteiger partial charge in [-0.05, 0) is 57.2 Å². The van der Waals surface area contributed by atoms with E-state index >= 15 is 0 Å². The number of nitrogens with zero attached hydrogens (tertiary/aromatic N) is 2. The molecular weight excluding hydrogens is 378 g/mol. The number of carbonyl (C=O) groups is 1. The van der Waals surface area contributed by atoms with Gasteiger partial charge in [-0.3, -0.25) is 4.79 Å². The molecule has 2 aliphatic rings. The Morgan fingerprint density at radius 1 is 1.25 bits per heavy atom. The number of thioether (sulfide) groups is 1. The van der Waals surface area contributed by atoms with Crippen LogP contribution in [-0.4, -0.2) is 34.7 Å². The van der Waals surface area contributed by atoms with Gasteiger partial charge in [0.2, 0.25) is 18.6 Å². The van der Waals surface area contributed by atoms with Gasteiger partial charge in [-0.15, -0.1) is 10.2 Å². The predicted molar refractivity (Wildman–Crippen MR) is 105 cm³/mol. The van der Waals surface area contributed by atoms with E-state index in [2.05, 4.69) is 21.6 Å². The molecule has 1 aliphatic carbocycles. The highest BCUT2D eigenvalue weighted by molar-refractivity contribution is 8.00. The molecule has 2 aromatic rings. The van der Waals surface area contributed by atoms with E-state index in [9.17, 15) is 4.79 Å². The molecule has 1 aromatic carbocycles. The molecule has 4 rings (SSSR count). The fourth-order valence-corrected chi connectivity index (χ4v) is 3.94. The van der Waals surface area contributed by atoms with Gasteiger partial charge in [-0.25, -0.2) is 0 Å². The minimum absolute atomic E-state index is 0.0239. The molecule has 28 heavy (non-hydrogen) atoms. The lowest BCUT2D eigenvalue weighted by Crippen LogP contribution is -2.31. The van der Waals surface area contributed by atoms with Crippen molar-refractivity contribution in [2.75, 3.05) is 13.3 Å². The smallest absolute Gasteiger partial charge is 0.277 e. The minimum atomic E-state index is -0.314. The minimum Gasteiger partial charge on any atom is -0.454 e. The Hall–Kier alpha value is -2.48. The molecule has 2 heterocycles. The Bertz CT molecular complexity index is 880. The predicted octanol–water partition coefficient (Wildman–Crippen LogP) is 3.95. The summed E-state index contributed by atoms with van der Waals surface area (Å²) in [6.45, 7) is 2.72. The fraction of sp³-hybridized carbons (Fsp3) is 0.450. The van der Waals surface area contributed by atoms with Crippen molar-refractivity contribution in [1.82, 2.24) is 15.5 Å². The summed E-state index contributed by atoms with van der Waals surface area (Å²) in [6.07, 6.45) is 8.10. The number of aromatic nitrogens is 2. The highest BCUT2D eigenvalue weighted by Gasteiger charge is 2.20. The van der Waals surface area contributed by atoms with E-state index in [0.717, 1.165) is 18.4 Å². The van der Waals surface area contributed by atoms with E-state index in [0.29, 0.717) is 29.2 Å². The number of carbonyl (C=O) groups excluding carboxylic acids is 1. The van der Waals surface area contributed by atoms with Gasteiger partial charge in [-0.2, -0.15) is 0 Å². The lowest BCUT2D eigenvalue weighted by Gasteiger charge is -2.14. The van der Waals surface area contributed by atoms with Gasteiger partial charge < -0.3 is 19.2 Å². The van der Waals surface area contributed by atoms with Crippen molar-refractivity contribution in [1.29, 1.82) is 0 Å². The number of hydrogen-bond donors (Lipinski definition) is 1. The number of ether oxygens (including phenoxy) is 2. The third-order valence-corrected chi connectivity index (χ3v) is 5.74. The normalized spacial score (nSPS) is 16.5. The molecule has 1 atom stereocenters. The number of nitrogens with one attached hydrogen (secondary N) is 1. The summed E-state index contributed by atoms with van der Waals surface area (Å²) in [6, 6.07) is 5.46. The molecule has 8 heteroatoms. The van der Waals surface area contributed by atoms with Gasteiger partial charge in [0.15, 0.2) is 11.5 Å². The second-order valence-corrected chi connectivity index (χ2v) is 8.14. The summed E-state index contributed by atoms with van der Waals surface area (Å²) in [5.74, 6) is 1.72. The van der Waals surface area contributed by atoms with Crippen molar-refractivity contribution >= 4 is 17.7 Å². The van der Waals surface area contributed by atoms with Crippen LogP contribution >= 0.6 is 11.8 Å². The average molecular weight is 401 g/mol. The molecule has 0 saturated heterocycles. The number of hydrogen-bond acceptors (Lipinski definition) is 7. The Morgan fingerprint density at radius 2 is 2.14 bits per heavy atom. The largest absolute Gasteiger partial charge is 0.454 e. The van der Waals surface area contributed by atoms with E-state index in [1.807, 2.05) is 19.1 Å². The molecule has 0 bridgehead atoms. The second kappa shape index (κ2) is 8.68. The third-order valence-electron chi connectivity index (χ3n) is 4.80. The molecule has 1 amide bonds. The Balaban J connectivity index is 1.29. The Kier molecular flexibility index (Phi) is 5.85. The molecule has 1 aromatic heterocycles. The second-order valence-electron chi connectivity index (χ2n) is 6.85. The third kappa shape index (κ3) is 4.49. The van der Waals surface area contributed by atoms with Crippen LogP contribution in [0.5, 0.6) is 11.5 Å². The molecule has 0 fully saturated rings. The molecule has 0 spiro atoms. The van der Waals surface area contributed by atoms with Crippen LogP contribution < -0.4 is 14.8 Å². The standard InChI is InChI=1S/C20H23N3O4S/c1-13(18(24)21-10-9-14-5-3-2-4-6-14)28-20-23-22-19(27-20)15-7-8-16-17(11-15)26-12-25-16/h5,7-8,11,13H,2-4,6,9-10,12H2,1H3,(H,21,24). The lowest BCUT2D eigenvalue weighted by molar-refractivity contribution is -0.120. The number of fused-ring (bicyclic) bond motifs is 1. The SMILES string of the molecule is CC(Sc1nnc(-c2ccc3c(c2)OCO3)o1)C(=O)NCCC1=CCCCC1. The summed E-state index contributed by atoms with van der Waals surface area (Å²) >= 11 is 1.26. The summed E-state index contributed by atoms with van der Waals surface area (Å²) in [5.41, 5.74) is 2.21. The van der Waals surface area contributed by atoms with Crippen LogP contribution in [0.15, 0.2) is 39.5 Å². The highest BCUT2D eigenvalue weighted by atomic mass is 32.2. The van der Waals surface area contributed by atoms with Gasteiger partial charge in [0.1, 0.15) is 0 Å². The maximum Gasteiger partial charge on any atom is 0.277 e. The van der Waals surface area contributed by atoms with Crippen molar-refractivity contribution in [3.8, 4) is 23.0 Å². The summed E-state index contributed by atoms with van der Waals surface area (Å²) in [5, 5.41) is 11.2. The van der Waals surface area contributed by atoms with Crippen LogP contribution in [-0.2, 0) is 4.79 Å². The number of amides is 1. The molecule has 0 saturated carbocycles. The van der Waals surface area contributed by atoms with Gasteiger partial charge >= 0.3 is 0 Å². The zero-order valence-corrected chi connectivity index (χ0v) is 16.6. The molecular formula is C20H23N3O4S. The zero-order chi connectivity index (χ0) is 19.3. The van der Waals surface area contributed by atoms with Crippen LogP contribution in [0.1, 0.15) is 39.0 Å². The van der Waals surface area contributed by atoms with E-state index in [1.54, 1.807) is 6.07 Å². The van der Waals surface area contributed by atoms with Crippen LogP contribution in [0, 0.1) is 0 Å². The first kappa shape index (κ1) is 18.9. The first-order valence-corrected chi connectivity index (χ1v) is 10.4. The van der Waals surface area contributed by atoms with Gasteiger partial charge in [-0.1, -0.05) is 23.4 Å². The van der Waals surface area contributed by atoms with Crippen LogP contribution in [0.2, 0.25) is 0 Å². The van der Waals surface area contributed by atoms with Crippen molar-refractivity contribution in [2.24, 2.45) is 0 Å². The van der Waals surface area contributed by atoms with Crippen LogP contribution in [0.4, 0.5) is 0 Å².